The fourth-order valence-electron chi connectivity index (χ4n) is 3.85. The Morgan fingerprint density at radius 3 is 2.32 bits per heavy atom. The zero-order valence-corrected chi connectivity index (χ0v) is 21.3. The van der Waals surface area contributed by atoms with Crippen molar-refractivity contribution in [2.75, 3.05) is 25.0 Å². The summed E-state index contributed by atoms with van der Waals surface area (Å²) in [5.41, 5.74) is 2.64. The number of benzene rings is 3. The Kier molecular flexibility index (Phi) is 7.70. The van der Waals surface area contributed by atoms with Crippen molar-refractivity contribution in [1.29, 1.82) is 0 Å². The van der Waals surface area contributed by atoms with Crippen molar-refractivity contribution >= 4 is 37.5 Å². The van der Waals surface area contributed by atoms with E-state index in [1.165, 1.54) is 16.4 Å². The van der Waals surface area contributed by atoms with Crippen LogP contribution in [0.5, 0.6) is 5.75 Å². The molecule has 0 atom stereocenters. The van der Waals surface area contributed by atoms with Gasteiger partial charge in [-0.2, -0.15) is 4.31 Å². The fraction of sp³-hybridized carbons (Fsp3) is 0.269. The number of amides is 1. The Labute approximate surface area is 209 Å². The smallest absolute Gasteiger partial charge is 0.262 e. The first-order valence-corrected chi connectivity index (χ1v) is 13.4. The van der Waals surface area contributed by atoms with Crippen molar-refractivity contribution in [3.05, 3.63) is 77.3 Å². The SMILES string of the molecule is CC1CCN(S(=O)(=O)c2ccc(NC(=O)COc3ccc(-c4ccccc4)cc3Br)cc2)CC1. The zero-order chi connectivity index (χ0) is 24.1. The van der Waals surface area contributed by atoms with Gasteiger partial charge in [-0.05, 0) is 82.2 Å². The van der Waals surface area contributed by atoms with Crippen LogP contribution in [0.3, 0.4) is 0 Å². The lowest BCUT2D eigenvalue weighted by molar-refractivity contribution is -0.118. The molecular weight excluding hydrogens is 516 g/mol. The number of anilines is 1. The van der Waals surface area contributed by atoms with E-state index in [0.29, 0.717) is 30.4 Å². The van der Waals surface area contributed by atoms with E-state index < -0.39 is 10.0 Å². The van der Waals surface area contributed by atoms with E-state index in [2.05, 4.69) is 28.2 Å². The second-order valence-electron chi connectivity index (χ2n) is 8.46. The Morgan fingerprint density at radius 2 is 1.68 bits per heavy atom. The van der Waals surface area contributed by atoms with Gasteiger partial charge in [-0.1, -0.05) is 43.3 Å². The van der Waals surface area contributed by atoms with Crippen molar-refractivity contribution in [3.63, 3.8) is 0 Å². The maximum absolute atomic E-state index is 12.8. The van der Waals surface area contributed by atoms with Gasteiger partial charge in [-0.3, -0.25) is 4.79 Å². The Hall–Kier alpha value is -2.68. The van der Waals surface area contributed by atoms with Gasteiger partial charge >= 0.3 is 0 Å². The van der Waals surface area contributed by atoms with Gasteiger partial charge in [0.15, 0.2) is 6.61 Å². The molecule has 4 rings (SSSR count). The van der Waals surface area contributed by atoms with Gasteiger partial charge in [-0.25, -0.2) is 8.42 Å². The van der Waals surface area contributed by atoms with Crippen LogP contribution >= 0.6 is 15.9 Å². The van der Waals surface area contributed by atoms with Crippen molar-refractivity contribution < 1.29 is 17.9 Å². The van der Waals surface area contributed by atoms with Gasteiger partial charge in [0, 0.05) is 18.8 Å². The average Bonchev–Trinajstić information content (AvgIpc) is 2.84. The zero-order valence-electron chi connectivity index (χ0n) is 18.9. The highest BCUT2D eigenvalue weighted by molar-refractivity contribution is 9.10. The summed E-state index contributed by atoms with van der Waals surface area (Å²) >= 11 is 3.51. The predicted molar refractivity (Wildman–Crippen MR) is 137 cm³/mol. The first kappa shape index (κ1) is 24.4. The predicted octanol–water partition coefficient (Wildman–Crippen LogP) is 5.55. The van der Waals surface area contributed by atoms with E-state index in [4.69, 9.17) is 4.74 Å². The minimum atomic E-state index is -3.51. The Morgan fingerprint density at radius 1 is 1.00 bits per heavy atom. The van der Waals surface area contributed by atoms with Crippen molar-refractivity contribution in [2.24, 2.45) is 5.92 Å². The molecule has 0 aliphatic carbocycles. The molecule has 1 fully saturated rings. The average molecular weight is 543 g/mol. The molecule has 6 nitrogen and oxygen atoms in total. The molecule has 0 spiro atoms. The summed E-state index contributed by atoms with van der Waals surface area (Å²) < 4.78 is 33.7. The molecule has 0 bridgehead atoms. The number of rotatable bonds is 7. The maximum Gasteiger partial charge on any atom is 0.262 e. The first-order valence-electron chi connectivity index (χ1n) is 11.2. The van der Waals surface area contributed by atoms with Crippen LogP contribution in [0.25, 0.3) is 11.1 Å². The lowest BCUT2D eigenvalue weighted by Crippen LogP contribution is -2.37. The second kappa shape index (κ2) is 10.7. The topological polar surface area (TPSA) is 75.7 Å². The van der Waals surface area contributed by atoms with Crippen LogP contribution in [0.2, 0.25) is 0 Å². The number of ether oxygens (including phenoxy) is 1. The lowest BCUT2D eigenvalue weighted by atomic mass is 10.0. The molecule has 178 valence electrons. The largest absolute Gasteiger partial charge is 0.483 e. The number of carbonyl (C=O) groups excluding carboxylic acids is 1. The van der Waals surface area contributed by atoms with Crippen LogP contribution in [-0.2, 0) is 14.8 Å². The second-order valence-corrected chi connectivity index (χ2v) is 11.3. The summed E-state index contributed by atoms with van der Waals surface area (Å²) in [6, 6.07) is 22.0. The van der Waals surface area contributed by atoms with Crippen molar-refractivity contribution in [1.82, 2.24) is 4.31 Å². The van der Waals surface area contributed by atoms with Gasteiger partial charge in [0.25, 0.3) is 5.91 Å². The van der Waals surface area contributed by atoms with Gasteiger partial charge in [0.2, 0.25) is 10.0 Å². The standard InChI is InChI=1S/C26H27BrN2O4S/c1-19-13-15-29(16-14-19)34(31,32)23-10-8-22(9-11-23)28-26(30)18-33-25-12-7-21(17-24(25)27)20-5-3-2-4-6-20/h2-12,17,19H,13-16,18H2,1H3,(H,28,30). The minimum absolute atomic E-state index is 0.171. The normalized spacial score (nSPS) is 15.1. The molecule has 1 aliphatic rings. The number of hydrogen-bond acceptors (Lipinski definition) is 4. The molecule has 8 heteroatoms. The van der Waals surface area contributed by atoms with Gasteiger partial charge < -0.3 is 10.1 Å². The summed E-state index contributed by atoms with van der Waals surface area (Å²) in [6.07, 6.45) is 1.75. The summed E-state index contributed by atoms with van der Waals surface area (Å²) in [6.45, 7) is 3.06. The Bertz CT molecular complexity index is 1240. The highest BCUT2D eigenvalue weighted by atomic mass is 79.9. The molecule has 0 saturated carbocycles. The molecule has 1 saturated heterocycles. The molecule has 3 aromatic carbocycles. The van der Waals surface area contributed by atoms with Crippen LogP contribution in [0, 0.1) is 5.92 Å². The number of hydrogen-bond donors (Lipinski definition) is 1. The van der Waals surface area contributed by atoms with E-state index in [0.717, 1.165) is 28.4 Å². The lowest BCUT2D eigenvalue weighted by Gasteiger charge is -2.29. The van der Waals surface area contributed by atoms with E-state index in [-0.39, 0.29) is 17.4 Å². The van der Waals surface area contributed by atoms with E-state index in [1.54, 1.807) is 12.1 Å². The summed E-state index contributed by atoms with van der Waals surface area (Å²) in [4.78, 5) is 12.6. The molecule has 3 aromatic rings. The van der Waals surface area contributed by atoms with Gasteiger partial charge in [-0.15, -0.1) is 0 Å². The number of piperidine rings is 1. The minimum Gasteiger partial charge on any atom is -0.483 e. The first-order chi connectivity index (χ1) is 16.3. The third-order valence-corrected chi connectivity index (χ3v) is 8.45. The van der Waals surface area contributed by atoms with E-state index in [1.807, 2.05) is 48.5 Å². The molecule has 1 N–H and O–H groups in total. The Balaban J connectivity index is 1.33. The van der Waals surface area contributed by atoms with Crippen LogP contribution in [0.1, 0.15) is 19.8 Å². The third kappa shape index (κ3) is 5.87. The summed E-state index contributed by atoms with van der Waals surface area (Å²) in [7, 11) is -3.51. The summed E-state index contributed by atoms with van der Waals surface area (Å²) in [5.74, 6) is 0.778. The number of halogens is 1. The highest BCUT2D eigenvalue weighted by Gasteiger charge is 2.27. The molecule has 0 radical (unpaired) electrons. The van der Waals surface area contributed by atoms with Crippen molar-refractivity contribution in [2.45, 2.75) is 24.7 Å². The van der Waals surface area contributed by atoms with E-state index in [9.17, 15) is 13.2 Å². The van der Waals surface area contributed by atoms with Crippen LogP contribution in [0.4, 0.5) is 5.69 Å². The number of nitrogens with one attached hydrogen (secondary N) is 1. The summed E-state index contributed by atoms with van der Waals surface area (Å²) in [5, 5.41) is 2.75. The highest BCUT2D eigenvalue weighted by Crippen LogP contribution is 2.31. The van der Waals surface area contributed by atoms with Crippen molar-refractivity contribution in [3.8, 4) is 16.9 Å². The molecule has 34 heavy (non-hydrogen) atoms. The molecular formula is C26H27BrN2O4S. The van der Waals surface area contributed by atoms with Gasteiger partial charge in [0.1, 0.15) is 5.75 Å². The molecule has 0 aromatic heterocycles. The fourth-order valence-corrected chi connectivity index (χ4v) is 5.82. The molecule has 1 amide bonds. The number of carbonyl (C=O) groups is 1. The van der Waals surface area contributed by atoms with Gasteiger partial charge in [0.05, 0.1) is 9.37 Å². The molecule has 1 aliphatic heterocycles. The quantitative estimate of drug-likeness (QED) is 0.424. The number of nitrogens with zero attached hydrogens (tertiary/aromatic N) is 1. The maximum atomic E-state index is 12.8. The van der Waals surface area contributed by atoms with Crippen LogP contribution in [0.15, 0.2) is 82.2 Å². The third-order valence-electron chi connectivity index (χ3n) is 5.92. The molecule has 0 unspecified atom stereocenters. The monoisotopic (exact) mass is 542 g/mol. The van der Waals surface area contributed by atoms with E-state index >= 15 is 0 Å². The molecule has 1 heterocycles. The van der Waals surface area contributed by atoms with Crippen LogP contribution < -0.4 is 10.1 Å². The number of sulfonamides is 1. The van der Waals surface area contributed by atoms with Crippen LogP contribution in [-0.4, -0.2) is 38.3 Å².